The fourth-order valence-electron chi connectivity index (χ4n) is 2.48. The quantitative estimate of drug-likeness (QED) is 0.765. The van der Waals surface area contributed by atoms with E-state index in [1.165, 1.54) is 21.9 Å². The van der Waals surface area contributed by atoms with Gasteiger partial charge in [-0.1, -0.05) is 48.5 Å². The molecular weight excluding hydrogens is 194 g/mol. The van der Waals surface area contributed by atoms with Crippen molar-refractivity contribution in [1.29, 1.82) is 0 Å². The van der Waals surface area contributed by atoms with Crippen LogP contribution in [-0.2, 0) is 0 Å². The molecule has 2 aromatic rings. The molecule has 0 aliphatic heterocycles. The van der Waals surface area contributed by atoms with Crippen LogP contribution in [0.4, 0.5) is 0 Å². The zero-order chi connectivity index (χ0) is 11.0. The second kappa shape index (κ2) is 3.76. The van der Waals surface area contributed by atoms with Crippen LogP contribution in [0.5, 0.6) is 0 Å². The molecule has 0 saturated heterocycles. The molecular formula is C15H15N. The van der Waals surface area contributed by atoms with Gasteiger partial charge in [-0.3, -0.25) is 0 Å². The largest absolute Gasteiger partial charge is 0.324 e. The molecule has 0 bridgehead atoms. The molecule has 2 aromatic carbocycles. The topological polar surface area (TPSA) is 26.0 Å². The van der Waals surface area contributed by atoms with Crippen molar-refractivity contribution in [3.8, 4) is 0 Å². The predicted molar refractivity (Wildman–Crippen MR) is 69.1 cm³/mol. The van der Waals surface area contributed by atoms with Gasteiger partial charge in [-0.05, 0) is 34.8 Å². The van der Waals surface area contributed by atoms with Crippen molar-refractivity contribution in [2.24, 2.45) is 5.73 Å². The first-order valence-electron chi connectivity index (χ1n) is 5.79. The highest BCUT2D eigenvalue weighted by Gasteiger charge is 2.14. The molecule has 80 valence electrons. The number of allylic oxidation sites excluding steroid dienone is 1. The second-order valence-electron chi connectivity index (χ2n) is 4.42. The summed E-state index contributed by atoms with van der Waals surface area (Å²) in [4.78, 5) is 0. The molecule has 0 spiro atoms. The van der Waals surface area contributed by atoms with Gasteiger partial charge in [0.05, 0.1) is 0 Å². The van der Waals surface area contributed by atoms with Crippen molar-refractivity contribution in [3.63, 3.8) is 0 Å². The van der Waals surface area contributed by atoms with Gasteiger partial charge in [0.15, 0.2) is 0 Å². The minimum Gasteiger partial charge on any atom is -0.324 e. The normalized spacial score (nSPS) is 20.1. The summed E-state index contributed by atoms with van der Waals surface area (Å²) >= 11 is 0. The van der Waals surface area contributed by atoms with Crippen molar-refractivity contribution >= 4 is 16.3 Å². The van der Waals surface area contributed by atoms with Crippen LogP contribution in [-0.4, -0.2) is 6.04 Å². The van der Waals surface area contributed by atoms with Crippen LogP contribution >= 0.6 is 0 Å². The lowest BCUT2D eigenvalue weighted by molar-refractivity contribution is 0.782. The maximum atomic E-state index is 5.93. The molecule has 0 saturated carbocycles. The van der Waals surface area contributed by atoms with Gasteiger partial charge in [0, 0.05) is 6.04 Å². The van der Waals surface area contributed by atoms with E-state index < -0.39 is 0 Å². The van der Waals surface area contributed by atoms with E-state index in [1.807, 2.05) is 0 Å². The zero-order valence-corrected chi connectivity index (χ0v) is 9.19. The van der Waals surface area contributed by atoms with E-state index in [0.29, 0.717) is 0 Å². The van der Waals surface area contributed by atoms with Crippen LogP contribution in [0.15, 0.2) is 48.5 Å². The number of nitrogens with two attached hydrogens (primary N) is 1. The molecule has 3 rings (SSSR count). The Balaban J connectivity index is 2.20. The predicted octanol–water partition coefficient (Wildman–Crippen LogP) is 3.34. The third-order valence-corrected chi connectivity index (χ3v) is 3.30. The average molecular weight is 209 g/mol. The fourth-order valence-corrected chi connectivity index (χ4v) is 2.48. The van der Waals surface area contributed by atoms with Gasteiger partial charge in [-0.2, -0.15) is 0 Å². The van der Waals surface area contributed by atoms with Crippen molar-refractivity contribution in [1.82, 2.24) is 0 Å². The molecule has 1 nitrogen and oxygen atoms in total. The Morgan fingerprint density at radius 2 is 1.81 bits per heavy atom. The summed E-state index contributed by atoms with van der Waals surface area (Å²) in [6.45, 7) is 0. The maximum absolute atomic E-state index is 5.93. The van der Waals surface area contributed by atoms with Crippen LogP contribution in [0.1, 0.15) is 18.4 Å². The molecule has 1 aliphatic carbocycles. The number of fused-ring (bicyclic) bond motifs is 1. The summed E-state index contributed by atoms with van der Waals surface area (Å²) in [5.41, 5.74) is 8.69. The van der Waals surface area contributed by atoms with Crippen molar-refractivity contribution in [2.75, 3.05) is 0 Å². The van der Waals surface area contributed by atoms with Crippen LogP contribution in [0.25, 0.3) is 16.3 Å². The van der Waals surface area contributed by atoms with Gasteiger partial charge in [0.2, 0.25) is 0 Å². The smallest absolute Gasteiger partial charge is 0.0232 e. The first kappa shape index (κ1) is 9.61. The highest BCUT2D eigenvalue weighted by molar-refractivity contribution is 5.94. The molecule has 1 unspecified atom stereocenters. The third kappa shape index (κ3) is 1.54. The van der Waals surface area contributed by atoms with Crippen molar-refractivity contribution in [2.45, 2.75) is 18.9 Å². The Bertz CT molecular complexity index is 549. The molecule has 0 fully saturated rings. The fraction of sp³-hybridized carbons (Fsp3) is 0.200. The Morgan fingerprint density at radius 3 is 2.62 bits per heavy atom. The molecule has 0 amide bonds. The second-order valence-corrected chi connectivity index (χ2v) is 4.42. The Kier molecular flexibility index (Phi) is 2.26. The Hall–Kier alpha value is -1.60. The number of hydrogen-bond donors (Lipinski definition) is 1. The Labute approximate surface area is 95.6 Å². The Morgan fingerprint density at radius 1 is 1.00 bits per heavy atom. The average Bonchev–Trinajstić information content (AvgIpc) is 2.75. The first-order valence-corrected chi connectivity index (χ1v) is 5.79. The monoisotopic (exact) mass is 209 g/mol. The summed E-state index contributed by atoms with van der Waals surface area (Å²) in [7, 11) is 0. The van der Waals surface area contributed by atoms with Gasteiger partial charge < -0.3 is 5.73 Å². The lowest BCUT2D eigenvalue weighted by Gasteiger charge is -2.06. The summed E-state index contributed by atoms with van der Waals surface area (Å²) in [6, 6.07) is 15.3. The van der Waals surface area contributed by atoms with E-state index in [1.54, 1.807) is 0 Å². The highest BCUT2D eigenvalue weighted by Crippen LogP contribution is 2.31. The minimum absolute atomic E-state index is 0.244. The third-order valence-electron chi connectivity index (χ3n) is 3.30. The number of hydrogen-bond acceptors (Lipinski definition) is 1. The van der Waals surface area contributed by atoms with Crippen molar-refractivity contribution < 1.29 is 0 Å². The van der Waals surface area contributed by atoms with Crippen molar-refractivity contribution in [3.05, 3.63) is 54.1 Å². The molecule has 0 radical (unpaired) electrons. The summed E-state index contributed by atoms with van der Waals surface area (Å²) in [6.07, 6.45) is 4.40. The summed E-state index contributed by atoms with van der Waals surface area (Å²) < 4.78 is 0. The van der Waals surface area contributed by atoms with E-state index in [2.05, 4.69) is 48.5 Å². The standard InChI is InChI=1S/C15H15N/c16-13-9-8-12(10-13)15-7-3-5-11-4-1-2-6-14(11)15/h1-7,10,13H,8-9,16H2. The maximum Gasteiger partial charge on any atom is 0.0232 e. The van der Waals surface area contributed by atoms with Gasteiger partial charge in [-0.15, -0.1) is 0 Å². The van der Waals surface area contributed by atoms with Crippen LogP contribution < -0.4 is 5.73 Å². The SMILES string of the molecule is NC1C=C(c2cccc3ccccc23)CC1. The highest BCUT2D eigenvalue weighted by atomic mass is 14.6. The molecule has 1 aliphatic rings. The van der Waals surface area contributed by atoms with E-state index in [0.717, 1.165) is 12.8 Å². The van der Waals surface area contributed by atoms with Crippen LogP contribution in [0.3, 0.4) is 0 Å². The molecule has 0 aromatic heterocycles. The van der Waals surface area contributed by atoms with Crippen LogP contribution in [0, 0.1) is 0 Å². The summed E-state index contributed by atoms with van der Waals surface area (Å²) in [5.74, 6) is 0. The van der Waals surface area contributed by atoms with E-state index in [4.69, 9.17) is 5.73 Å². The lowest BCUT2D eigenvalue weighted by atomic mass is 9.98. The number of benzene rings is 2. The van der Waals surface area contributed by atoms with Gasteiger partial charge in [-0.25, -0.2) is 0 Å². The summed E-state index contributed by atoms with van der Waals surface area (Å²) in [5, 5.41) is 2.65. The molecule has 2 N–H and O–H groups in total. The lowest BCUT2D eigenvalue weighted by Crippen LogP contribution is -2.11. The van der Waals surface area contributed by atoms with E-state index in [9.17, 15) is 0 Å². The molecule has 0 heterocycles. The number of rotatable bonds is 1. The van der Waals surface area contributed by atoms with Crippen LogP contribution in [0.2, 0.25) is 0 Å². The van der Waals surface area contributed by atoms with Gasteiger partial charge in [0.25, 0.3) is 0 Å². The molecule has 1 atom stereocenters. The minimum atomic E-state index is 0.244. The molecule has 1 heteroatoms. The zero-order valence-electron chi connectivity index (χ0n) is 9.19. The van der Waals surface area contributed by atoms with E-state index in [-0.39, 0.29) is 6.04 Å². The first-order chi connectivity index (χ1) is 7.84. The van der Waals surface area contributed by atoms with E-state index >= 15 is 0 Å². The van der Waals surface area contributed by atoms with Gasteiger partial charge in [0.1, 0.15) is 0 Å². The van der Waals surface area contributed by atoms with Gasteiger partial charge >= 0.3 is 0 Å². The molecule has 16 heavy (non-hydrogen) atoms.